The number of nitrogens with one attached hydrogen (secondary N) is 2. The lowest BCUT2D eigenvalue weighted by Crippen LogP contribution is -3.12. The van der Waals surface area contributed by atoms with E-state index in [-0.39, 0.29) is 0 Å². The second kappa shape index (κ2) is 6.94. The molecule has 0 radical (unpaired) electrons. The summed E-state index contributed by atoms with van der Waals surface area (Å²) in [7, 11) is 0. The summed E-state index contributed by atoms with van der Waals surface area (Å²) in [6, 6.07) is 0.434. The molecule has 6 heteroatoms. The Balaban J connectivity index is 1.70. The van der Waals surface area contributed by atoms with Crippen molar-refractivity contribution < 1.29 is 9.64 Å². The van der Waals surface area contributed by atoms with E-state index in [9.17, 15) is 0 Å². The highest BCUT2D eigenvalue weighted by molar-refractivity contribution is 7.19. The molecule has 24 heavy (non-hydrogen) atoms. The average Bonchev–Trinajstić information content (AvgIpc) is 3.16. The Hall–Kier alpha value is -1.24. The number of quaternary nitrogens is 1. The molecule has 5 nitrogen and oxygen atoms in total. The van der Waals surface area contributed by atoms with Crippen molar-refractivity contribution in [3.05, 3.63) is 16.3 Å². The van der Waals surface area contributed by atoms with Crippen LogP contribution in [0, 0.1) is 0 Å². The van der Waals surface area contributed by atoms with Gasteiger partial charge in [-0.3, -0.25) is 0 Å². The van der Waals surface area contributed by atoms with E-state index < -0.39 is 0 Å². The van der Waals surface area contributed by atoms with Crippen molar-refractivity contribution in [3.8, 4) is 0 Å². The molecule has 2 N–H and O–H groups in total. The molecule has 0 unspecified atom stereocenters. The fraction of sp³-hybridized carbons (Fsp3) is 0.667. The fourth-order valence-electron chi connectivity index (χ4n) is 3.62. The number of aryl methyl sites for hydroxylation is 2. The zero-order valence-corrected chi connectivity index (χ0v) is 15.5. The van der Waals surface area contributed by atoms with Gasteiger partial charge >= 0.3 is 0 Å². The van der Waals surface area contributed by atoms with Crippen LogP contribution < -0.4 is 10.2 Å². The van der Waals surface area contributed by atoms with Gasteiger partial charge < -0.3 is 15.0 Å². The highest BCUT2D eigenvalue weighted by Crippen LogP contribution is 2.39. The van der Waals surface area contributed by atoms with Gasteiger partial charge in [-0.1, -0.05) is 6.92 Å². The van der Waals surface area contributed by atoms with E-state index in [4.69, 9.17) is 14.7 Å². The molecule has 0 saturated carbocycles. The average molecular weight is 348 g/mol. The molecule has 1 atom stereocenters. The first-order valence-corrected chi connectivity index (χ1v) is 10.0. The van der Waals surface area contributed by atoms with Crippen molar-refractivity contribution in [2.75, 3.05) is 31.6 Å². The van der Waals surface area contributed by atoms with Gasteiger partial charge in [-0.25, -0.2) is 9.97 Å². The molecule has 0 spiro atoms. The Kier molecular flexibility index (Phi) is 4.70. The van der Waals surface area contributed by atoms with Crippen LogP contribution >= 0.6 is 11.3 Å². The summed E-state index contributed by atoms with van der Waals surface area (Å²) >= 11 is 1.89. The lowest BCUT2D eigenvalue weighted by atomic mass is 10.1. The van der Waals surface area contributed by atoms with Gasteiger partial charge in [0.05, 0.1) is 18.6 Å². The van der Waals surface area contributed by atoms with Gasteiger partial charge in [0, 0.05) is 10.9 Å². The first kappa shape index (κ1) is 16.2. The predicted octanol–water partition coefficient (Wildman–Crippen LogP) is 1.81. The molecule has 2 aromatic heterocycles. The molecule has 1 aliphatic carbocycles. The van der Waals surface area contributed by atoms with Crippen molar-refractivity contribution in [3.63, 3.8) is 0 Å². The van der Waals surface area contributed by atoms with Crippen molar-refractivity contribution in [1.29, 1.82) is 0 Å². The number of morpholine rings is 1. The molecular formula is C18H27N4OS+. The van der Waals surface area contributed by atoms with Crippen molar-refractivity contribution in [2.24, 2.45) is 0 Å². The van der Waals surface area contributed by atoms with Crippen LogP contribution in [0.1, 0.15) is 43.0 Å². The molecule has 4 rings (SSSR count). The smallest absolute Gasteiger partial charge is 0.187 e. The topological polar surface area (TPSA) is 51.5 Å². The van der Waals surface area contributed by atoms with Crippen molar-refractivity contribution in [2.45, 2.75) is 52.1 Å². The van der Waals surface area contributed by atoms with Crippen LogP contribution in [0.3, 0.4) is 0 Å². The third-order valence-electron chi connectivity index (χ3n) is 5.21. The Morgan fingerprint density at radius 2 is 2.08 bits per heavy atom. The standard InChI is InChI=1S/C18H26N4OS/c1-3-12(2)19-17-16-13-5-4-6-14(13)24-18(16)21-15(20-17)11-22-7-9-23-10-8-22/h12H,3-11H2,1-2H3,(H,19,20,21)/p+1/t12-/m1/s1. The zero-order valence-electron chi connectivity index (χ0n) is 14.7. The number of hydrogen-bond acceptors (Lipinski definition) is 5. The molecule has 2 aromatic rings. The highest BCUT2D eigenvalue weighted by Gasteiger charge is 2.24. The molecule has 1 fully saturated rings. The normalized spacial score (nSPS) is 19.6. The van der Waals surface area contributed by atoms with Crippen LogP contribution in [0.15, 0.2) is 0 Å². The van der Waals surface area contributed by atoms with Gasteiger partial charge in [0.2, 0.25) is 0 Å². The molecule has 1 aliphatic heterocycles. The summed E-state index contributed by atoms with van der Waals surface area (Å²) in [5.41, 5.74) is 1.51. The number of ether oxygens (including phenoxy) is 1. The zero-order chi connectivity index (χ0) is 16.5. The lowest BCUT2D eigenvalue weighted by molar-refractivity contribution is -0.922. The van der Waals surface area contributed by atoms with Crippen LogP contribution in [0.5, 0.6) is 0 Å². The van der Waals surface area contributed by atoms with Gasteiger partial charge in [0.15, 0.2) is 5.82 Å². The maximum Gasteiger partial charge on any atom is 0.187 e. The van der Waals surface area contributed by atoms with Gasteiger partial charge in [-0.15, -0.1) is 11.3 Å². The van der Waals surface area contributed by atoms with E-state index in [2.05, 4.69) is 19.2 Å². The SMILES string of the molecule is CC[C@@H](C)Nc1nc(C[NH+]2CCOCC2)nc2sc3c(c12)CCC3. The molecule has 2 aliphatic rings. The van der Waals surface area contributed by atoms with Gasteiger partial charge in [0.25, 0.3) is 0 Å². The summed E-state index contributed by atoms with van der Waals surface area (Å²) in [5.74, 6) is 2.04. The number of hydrogen-bond donors (Lipinski definition) is 2. The lowest BCUT2D eigenvalue weighted by Gasteiger charge is -2.23. The number of anilines is 1. The number of aromatic nitrogens is 2. The number of rotatable bonds is 5. The van der Waals surface area contributed by atoms with Gasteiger partial charge in [-0.05, 0) is 38.2 Å². The highest BCUT2D eigenvalue weighted by atomic mass is 32.1. The molecular weight excluding hydrogens is 320 g/mol. The molecule has 1 saturated heterocycles. The fourth-order valence-corrected chi connectivity index (χ4v) is 4.90. The van der Waals surface area contributed by atoms with Crippen molar-refractivity contribution in [1.82, 2.24) is 9.97 Å². The minimum absolute atomic E-state index is 0.434. The summed E-state index contributed by atoms with van der Waals surface area (Å²) in [5, 5.41) is 4.95. The number of thiophene rings is 1. The Morgan fingerprint density at radius 1 is 1.25 bits per heavy atom. The van der Waals surface area contributed by atoms with E-state index in [1.54, 1.807) is 0 Å². The van der Waals surface area contributed by atoms with E-state index in [0.29, 0.717) is 6.04 Å². The monoisotopic (exact) mass is 347 g/mol. The molecule has 0 aromatic carbocycles. The van der Waals surface area contributed by atoms with E-state index in [1.165, 1.54) is 44.8 Å². The second-order valence-corrected chi connectivity index (χ2v) is 8.10. The second-order valence-electron chi connectivity index (χ2n) is 7.02. The summed E-state index contributed by atoms with van der Waals surface area (Å²) in [6.45, 7) is 9.15. The van der Waals surface area contributed by atoms with Crippen LogP contribution in [0.25, 0.3) is 10.2 Å². The number of nitrogens with zero attached hydrogens (tertiary/aromatic N) is 2. The minimum atomic E-state index is 0.434. The third kappa shape index (κ3) is 3.15. The van der Waals surface area contributed by atoms with E-state index >= 15 is 0 Å². The van der Waals surface area contributed by atoms with Gasteiger partial charge in [0.1, 0.15) is 30.3 Å². The Labute approximate surface area is 147 Å². The van der Waals surface area contributed by atoms with Crippen LogP contribution in [0.4, 0.5) is 5.82 Å². The molecule has 130 valence electrons. The van der Waals surface area contributed by atoms with Gasteiger partial charge in [-0.2, -0.15) is 0 Å². The summed E-state index contributed by atoms with van der Waals surface area (Å²) < 4.78 is 5.47. The Bertz CT molecular complexity index is 723. The van der Waals surface area contributed by atoms with E-state index in [1.807, 2.05) is 11.3 Å². The first-order valence-electron chi connectivity index (χ1n) is 9.23. The minimum Gasteiger partial charge on any atom is -0.370 e. The van der Waals surface area contributed by atoms with E-state index in [0.717, 1.165) is 50.9 Å². The molecule has 0 bridgehead atoms. The predicted molar refractivity (Wildman–Crippen MR) is 98.0 cm³/mol. The summed E-state index contributed by atoms with van der Waals surface area (Å²) in [4.78, 5) is 14.1. The molecule has 0 amide bonds. The largest absolute Gasteiger partial charge is 0.370 e. The maximum absolute atomic E-state index is 5.47. The van der Waals surface area contributed by atoms with Crippen molar-refractivity contribution >= 4 is 27.4 Å². The maximum atomic E-state index is 5.47. The third-order valence-corrected chi connectivity index (χ3v) is 6.40. The quantitative estimate of drug-likeness (QED) is 0.866. The van der Waals surface area contributed by atoms with Crippen LogP contribution in [-0.4, -0.2) is 42.3 Å². The summed E-state index contributed by atoms with van der Waals surface area (Å²) in [6.07, 6.45) is 4.77. The van der Waals surface area contributed by atoms with Crippen LogP contribution in [-0.2, 0) is 24.1 Å². The Morgan fingerprint density at radius 3 is 2.88 bits per heavy atom. The van der Waals surface area contributed by atoms with Crippen LogP contribution in [0.2, 0.25) is 0 Å². The number of fused-ring (bicyclic) bond motifs is 3. The molecule has 3 heterocycles. The first-order chi connectivity index (χ1) is 11.7.